The molecular formula is C19H24N4O3. The summed E-state index contributed by atoms with van der Waals surface area (Å²) in [7, 11) is 0. The van der Waals surface area contributed by atoms with Crippen LogP contribution < -0.4 is 16.4 Å². The summed E-state index contributed by atoms with van der Waals surface area (Å²) >= 11 is 0. The topological polar surface area (TPSA) is 105 Å². The molecule has 0 spiro atoms. The molecule has 0 bridgehead atoms. The number of piperidine rings is 1. The van der Waals surface area contributed by atoms with E-state index in [0.717, 1.165) is 11.1 Å². The highest BCUT2D eigenvalue weighted by Crippen LogP contribution is 2.33. The number of amides is 3. The second kappa shape index (κ2) is 6.81. The smallest absolute Gasteiger partial charge is 0.255 e. The van der Waals surface area contributed by atoms with Crippen molar-refractivity contribution in [3.8, 4) is 0 Å². The van der Waals surface area contributed by atoms with Gasteiger partial charge in [-0.2, -0.15) is 0 Å². The van der Waals surface area contributed by atoms with Crippen molar-refractivity contribution in [1.29, 1.82) is 0 Å². The molecule has 138 valence electrons. The van der Waals surface area contributed by atoms with Crippen molar-refractivity contribution < 1.29 is 14.4 Å². The first-order valence-corrected chi connectivity index (χ1v) is 9.27. The fourth-order valence-electron chi connectivity index (χ4n) is 4.00. The van der Waals surface area contributed by atoms with Gasteiger partial charge in [0.25, 0.3) is 5.91 Å². The molecule has 26 heavy (non-hydrogen) atoms. The average molecular weight is 356 g/mol. The molecule has 1 aromatic rings. The normalized spacial score (nSPS) is 23.8. The summed E-state index contributed by atoms with van der Waals surface area (Å²) in [6.07, 6.45) is 3.10. The molecule has 7 nitrogen and oxygen atoms in total. The zero-order valence-corrected chi connectivity index (χ0v) is 14.7. The lowest BCUT2D eigenvalue weighted by atomic mass is 10.0. The summed E-state index contributed by atoms with van der Waals surface area (Å²) in [6, 6.07) is 5.46. The molecule has 4 N–H and O–H groups in total. The molecular weight excluding hydrogens is 332 g/mol. The lowest BCUT2D eigenvalue weighted by Crippen LogP contribution is -2.52. The summed E-state index contributed by atoms with van der Waals surface area (Å²) in [6.45, 7) is 1.69. The van der Waals surface area contributed by atoms with E-state index in [2.05, 4.69) is 10.6 Å². The first-order chi connectivity index (χ1) is 12.6. The largest absolute Gasteiger partial charge is 0.329 e. The Morgan fingerprint density at radius 3 is 2.73 bits per heavy atom. The van der Waals surface area contributed by atoms with Crippen molar-refractivity contribution in [1.82, 2.24) is 15.5 Å². The lowest BCUT2D eigenvalue weighted by Gasteiger charge is -2.29. The van der Waals surface area contributed by atoms with E-state index in [-0.39, 0.29) is 24.1 Å². The van der Waals surface area contributed by atoms with Crippen LogP contribution in [0.1, 0.15) is 47.2 Å². The Balaban J connectivity index is 1.50. The Morgan fingerprint density at radius 2 is 2.04 bits per heavy atom. The van der Waals surface area contributed by atoms with Crippen LogP contribution in [-0.2, 0) is 22.7 Å². The van der Waals surface area contributed by atoms with Crippen LogP contribution in [0.15, 0.2) is 18.2 Å². The number of nitrogens with zero attached hydrogens (tertiary/aromatic N) is 1. The molecule has 0 aromatic heterocycles. The molecule has 1 saturated heterocycles. The highest BCUT2D eigenvalue weighted by molar-refractivity contribution is 6.05. The minimum atomic E-state index is -0.573. The van der Waals surface area contributed by atoms with Gasteiger partial charge in [0, 0.05) is 37.7 Å². The number of fused-ring (bicyclic) bond motifs is 1. The van der Waals surface area contributed by atoms with Crippen LogP contribution in [0.4, 0.5) is 0 Å². The van der Waals surface area contributed by atoms with Gasteiger partial charge in [-0.25, -0.2) is 0 Å². The van der Waals surface area contributed by atoms with Gasteiger partial charge in [-0.1, -0.05) is 12.1 Å². The van der Waals surface area contributed by atoms with Crippen LogP contribution in [0, 0.1) is 5.92 Å². The number of nitrogens with one attached hydrogen (secondary N) is 2. The lowest BCUT2D eigenvalue weighted by molar-refractivity contribution is -0.136. The maximum Gasteiger partial charge on any atom is 0.255 e. The zero-order valence-electron chi connectivity index (χ0n) is 14.7. The van der Waals surface area contributed by atoms with Crippen molar-refractivity contribution in [3.63, 3.8) is 0 Å². The highest BCUT2D eigenvalue weighted by Gasteiger charge is 2.39. The van der Waals surface area contributed by atoms with Gasteiger partial charge in [0.15, 0.2) is 0 Å². The Morgan fingerprint density at radius 1 is 1.23 bits per heavy atom. The van der Waals surface area contributed by atoms with E-state index < -0.39 is 6.04 Å². The second-order valence-corrected chi connectivity index (χ2v) is 7.40. The molecule has 2 heterocycles. The molecule has 1 aliphatic carbocycles. The van der Waals surface area contributed by atoms with Gasteiger partial charge in [0.05, 0.1) is 0 Å². The summed E-state index contributed by atoms with van der Waals surface area (Å²) in [4.78, 5) is 37.9. The SMILES string of the molecule is NCC(NCc1cccc2c1CN(C1CCC(=O)NC1=O)C2=O)C1CC1. The van der Waals surface area contributed by atoms with Crippen LogP contribution in [0.3, 0.4) is 0 Å². The predicted octanol–water partition coefficient (Wildman–Crippen LogP) is 0.274. The van der Waals surface area contributed by atoms with Crippen LogP contribution >= 0.6 is 0 Å². The Hall–Kier alpha value is -2.25. The monoisotopic (exact) mass is 356 g/mol. The maximum atomic E-state index is 12.8. The van der Waals surface area contributed by atoms with Gasteiger partial charge in [-0.15, -0.1) is 0 Å². The van der Waals surface area contributed by atoms with Crippen molar-refractivity contribution in [2.24, 2.45) is 11.7 Å². The van der Waals surface area contributed by atoms with Gasteiger partial charge < -0.3 is 16.0 Å². The van der Waals surface area contributed by atoms with E-state index in [1.165, 1.54) is 12.8 Å². The van der Waals surface area contributed by atoms with Gasteiger partial charge in [-0.05, 0) is 42.4 Å². The number of imide groups is 1. The number of hydrogen-bond acceptors (Lipinski definition) is 5. The molecule has 2 fully saturated rings. The molecule has 3 aliphatic rings. The standard InChI is InChI=1S/C19H24N4O3/c20-8-15(11-4-5-11)21-9-12-2-1-3-13-14(12)10-23(19(13)26)16-6-7-17(24)22-18(16)25/h1-3,11,15-16,21H,4-10,20H2,(H,22,24,25). The van der Waals surface area contributed by atoms with E-state index >= 15 is 0 Å². The summed E-state index contributed by atoms with van der Waals surface area (Å²) in [5.41, 5.74) is 8.57. The third-order valence-electron chi connectivity index (χ3n) is 5.68. The Kier molecular flexibility index (Phi) is 4.50. The molecule has 1 saturated carbocycles. The molecule has 0 radical (unpaired) electrons. The Labute approximate surface area is 152 Å². The van der Waals surface area contributed by atoms with Crippen LogP contribution in [0.2, 0.25) is 0 Å². The molecule has 2 atom stereocenters. The number of benzene rings is 1. The minimum Gasteiger partial charge on any atom is -0.329 e. The maximum absolute atomic E-state index is 12.8. The summed E-state index contributed by atoms with van der Waals surface area (Å²) in [5, 5.41) is 5.86. The number of carbonyl (C=O) groups is 3. The van der Waals surface area contributed by atoms with E-state index in [0.29, 0.717) is 43.6 Å². The van der Waals surface area contributed by atoms with Gasteiger partial charge in [-0.3, -0.25) is 19.7 Å². The Bertz CT molecular complexity index is 759. The fourth-order valence-corrected chi connectivity index (χ4v) is 4.00. The van der Waals surface area contributed by atoms with Crippen LogP contribution in [-0.4, -0.2) is 41.2 Å². The van der Waals surface area contributed by atoms with E-state index in [1.54, 1.807) is 4.90 Å². The van der Waals surface area contributed by atoms with E-state index in [9.17, 15) is 14.4 Å². The quantitative estimate of drug-likeness (QED) is 0.635. The first kappa shape index (κ1) is 17.2. The average Bonchev–Trinajstić information content (AvgIpc) is 3.41. The third kappa shape index (κ3) is 3.12. The number of rotatable bonds is 6. The molecule has 2 unspecified atom stereocenters. The second-order valence-electron chi connectivity index (χ2n) is 7.40. The van der Waals surface area contributed by atoms with Crippen molar-refractivity contribution in [2.75, 3.05) is 6.54 Å². The minimum absolute atomic E-state index is 0.131. The molecule has 4 rings (SSSR count). The van der Waals surface area contributed by atoms with E-state index in [1.807, 2.05) is 18.2 Å². The number of hydrogen-bond donors (Lipinski definition) is 3. The number of nitrogens with two attached hydrogens (primary N) is 1. The van der Waals surface area contributed by atoms with Crippen molar-refractivity contribution in [2.45, 2.75) is 50.9 Å². The molecule has 7 heteroatoms. The van der Waals surface area contributed by atoms with Crippen LogP contribution in [0.5, 0.6) is 0 Å². The first-order valence-electron chi connectivity index (χ1n) is 9.27. The van der Waals surface area contributed by atoms with Crippen molar-refractivity contribution >= 4 is 17.7 Å². The van der Waals surface area contributed by atoms with Crippen LogP contribution in [0.25, 0.3) is 0 Å². The molecule has 1 aromatic carbocycles. The van der Waals surface area contributed by atoms with Crippen molar-refractivity contribution in [3.05, 3.63) is 34.9 Å². The summed E-state index contributed by atoms with van der Waals surface area (Å²) < 4.78 is 0. The fraction of sp³-hybridized carbons (Fsp3) is 0.526. The number of carbonyl (C=O) groups excluding carboxylic acids is 3. The van der Waals surface area contributed by atoms with Gasteiger partial charge in [0.2, 0.25) is 11.8 Å². The predicted molar refractivity (Wildman–Crippen MR) is 94.9 cm³/mol. The summed E-state index contributed by atoms with van der Waals surface area (Å²) in [5.74, 6) is -0.112. The molecule has 3 amide bonds. The van der Waals surface area contributed by atoms with Gasteiger partial charge >= 0.3 is 0 Å². The van der Waals surface area contributed by atoms with Gasteiger partial charge in [0.1, 0.15) is 6.04 Å². The highest BCUT2D eigenvalue weighted by atomic mass is 16.2. The molecule has 2 aliphatic heterocycles. The zero-order chi connectivity index (χ0) is 18.3. The van der Waals surface area contributed by atoms with E-state index in [4.69, 9.17) is 5.73 Å². The third-order valence-corrected chi connectivity index (χ3v) is 5.68.